The summed E-state index contributed by atoms with van der Waals surface area (Å²) < 4.78 is 26.2. The van der Waals surface area contributed by atoms with Crippen LogP contribution in [0.4, 0.5) is 0 Å². The molecule has 90 valence electrons. The molecule has 1 atom stereocenters. The predicted molar refractivity (Wildman–Crippen MR) is 72.9 cm³/mol. The van der Waals surface area contributed by atoms with E-state index in [1.54, 1.807) is 24.3 Å². The standard InChI is InChI=1S/C10H13Br2NO2S/c1-8-2-4-10(5-3-8)16(14,15)13-7-9(12)6-11/h2-5,9,13H,6-7H2,1H3/t9-/m1/s1. The van der Waals surface area contributed by atoms with Crippen LogP contribution in [0.15, 0.2) is 29.2 Å². The maximum atomic E-state index is 11.8. The van der Waals surface area contributed by atoms with Gasteiger partial charge >= 0.3 is 0 Å². The first-order valence-corrected chi connectivity index (χ1v) is 8.24. The van der Waals surface area contributed by atoms with Gasteiger partial charge in [-0.2, -0.15) is 0 Å². The molecule has 0 fully saturated rings. The number of hydrogen-bond acceptors (Lipinski definition) is 2. The Morgan fingerprint density at radius 1 is 1.31 bits per heavy atom. The van der Waals surface area contributed by atoms with Gasteiger partial charge in [0.1, 0.15) is 0 Å². The topological polar surface area (TPSA) is 46.2 Å². The molecule has 16 heavy (non-hydrogen) atoms. The maximum Gasteiger partial charge on any atom is 0.240 e. The van der Waals surface area contributed by atoms with Gasteiger partial charge in [-0.3, -0.25) is 0 Å². The molecule has 0 heterocycles. The summed E-state index contributed by atoms with van der Waals surface area (Å²) in [5.41, 5.74) is 1.04. The van der Waals surface area contributed by atoms with Crippen molar-refractivity contribution in [2.75, 3.05) is 11.9 Å². The van der Waals surface area contributed by atoms with E-state index in [-0.39, 0.29) is 4.83 Å². The minimum Gasteiger partial charge on any atom is -0.210 e. The zero-order valence-electron chi connectivity index (χ0n) is 8.78. The van der Waals surface area contributed by atoms with E-state index in [1.165, 1.54) is 0 Å². The average molecular weight is 371 g/mol. The lowest BCUT2D eigenvalue weighted by molar-refractivity contribution is 0.582. The van der Waals surface area contributed by atoms with Crippen LogP contribution in [-0.4, -0.2) is 25.1 Å². The largest absolute Gasteiger partial charge is 0.240 e. The van der Waals surface area contributed by atoms with E-state index in [2.05, 4.69) is 36.6 Å². The molecule has 0 amide bonds. The Kier molecular flexibility index (Phi) is 5.43. The summed E-state index contributed by atoms with van der Waals surface area (Å²) in [5.74, 6) is 0. The van der Waals surface area contributed by atoms with Gasteiger partial charge in [0.25, 0.3) is 0 Å². The Labute approximate surface area is 113 Å². The van der Waals surface area contributed by atoms with Crippen LogP contribution in [0.25, 0.3) is 0 Å². The van der Waals surface area contributed by atoms with Crippen molar-refractivity contribution in [2.24, 2.45) is 0 Å². The fraction of sp³-hybridized carbons (Fsp3) is 0.400. The van der Waals surface area contributed by atoms with Gasteiger partial charge in [-0.1, -0.05) is 49.6 Å². The molecule has 1 aromatic rings. The van der Waals surface area contributed by atoms with Crippen LogP contribution < -0.4 is 4.72 Å². The van der Waals surface area contributed by atoms with Crippen LogP contribution in [-0.2, 0) is 10.0 Å². The summed E-state index contributed by atoms with van der Waals surface area (Å²) in [6.07, 6.45) is 0. The highest BCUT2D eigenvalue weighted by Gasteiger charge is 2.14. The highest BCUT2D eigenvalue weighted by atomic mass is 79.9. The molecule has 0 bridgehead atoms. The van der Waals surface area contributed by atoms with Crippen LogP contribution in [0.3, 0.4) is 0 Å². The molecule has 3 nitrogen and oxygen atoms in total. The molecular weight excluding hydrogens is 358 g/mol. The van der Waals surface area contributed by atoms with Gasteiger partial charge < -0.3 is 0 Å². The van der Waals surface area contributed by atoms with Gasteiger partial charge in [-0.25, -0.2) is 13.1 Å². The quantitative estimate of drug-likeness (QED) is 0.809. The van der Waals surface area contributed by atoms with E-state index in [0.717, 1.165) is 5.56 Å². The minimum atomic E-state index is -3.38. The number of halogens is 2. The normalized spacial score (nSPS) is 13.7. The highest BCUT2D eigenvalue weighted by molar-refractivity contribution is 9.12. The highest BCUT2D eigenvalue weighted by Crippen LogP contribution is 2.10. The molecule has 6 heteroatoms. The first kappa shape index (κ1) is 14.2. The summed E-state index contributed by atoms with van der Waals surface area (Å²) in [6, 6.07) is 6.78. The second kappa shape index (κ2) is 6.14. The molecule has 0 unspecified atom stereocenters. The zero-order valence-corrected chi connectivity index (χ0v) is 12.8. The van der Waals surface area contributed by atoms with Crippen LogP contribution in [0.5, 0.6) is 0 Å². The first-order chi connectivity index (χ1) is 7.45. The summed E-state index contributed by atoms with van der Waals surface area (Å²) in [4.78, 5) is 0.389. The van der Waals surface area contributed by atoms with Gasteiger partial charge in [-0.05, 0) is 19.1 Å². The molecule has 0 aliphatic carbocycles. The third-order valence-electron chi connectivity index (χ3n) is 1.99. The average Bonchev–Trinajstić information content (AvgIpc) is 2.26. The molecule has 0 aliphatic rings. The van der Waals surface area contributed by atoms with Crippen molar-refractivity contribution >= 4 is 41.9 Å². The maximum absolute atomic E-state index is 11.8. The number of aryl methyl sites for hydroxylation is 1. The van der Waals surface area contributed by atoms with Crippen molar-refractivity contribution in [3.05, 3.63) is 29.8 Å². The van der Waals surface area contributed by atoms with E-state index in [1.807, 2.05) is 6.92 Å². The van der Waals surface area contributed by atoms with Gasteiger partial charge in [0, 0.05) is 16.7 Å². The van der Waals surface area contributed by atoms with Gasteiger partial charge in [0.05, 0.1) is 4.90 Å². The Morgan fingerprint density at radius 2 is 1.88 bits per heavy atom. The number of alkyl halides is 2. The third-order valence-corrected chi connectivity index (χ3v) is 5.73. The van der Waals surface area contributed by atoms with Gasteiger partial charge in [0.15, 0.2) is 0 Å². The summed E-state index contributed by atoms with van der Waals surface area (Å²) in [7, 11) is -3.38. The lowest BCUT2D eigenvalue weighted by Gasteiger charge is -2.09. The smallest absolute Gasteiger partial charge is 0.210 e. The monoisotopic (exact) mass is 369 g/mol. The Morgan fingerprint density at radius 3 is 2.38 bits per heavy atom. The Hall–Kier alpha value is 0.0900. The van der Waals surface area contributed by atoms with Crippen LogP contribution in [0.2, 0.25) is 0 Å². The van der Waals surface area contributed by atoms with Crippen molar-refractivity contribution in [2.45, 2.75) is 16.6 Å². The van der Waals surface area contributed by atoms with Crippen molar-refractivity contribution < 1.29 is 8.42 Å². The molecule has 1 rings (SSSR count). The third kappa shape index (κ3) is 4.16. The van der Waals surface area contributed by atoms with E-state index in [0.29, 0.717) is 16.8 Å². The molecule has 0 spiro atoms. The molecule has 0 aromatic heterocycles. The van der Waals surface area contributed by atoms with Gasteiger partial charge in [0.2, 0.25) is 10.0 Å². The summed E-state index contributed by atoms with van der Waals surface area (Å²) in [6.45, 7) is 2.28. The van der Waals surface area contributed by atoms with Crippen LogP contribution in [0, 0.1) is 6.92 Å². The number of hydrogen-bond donors (Lipinski definition) is 1. The lowest BCUT2D eigenvalue weighted by Crippen LogP contribution is -2.30. The van der Waals surface area contributed by atoms with E-state index in [4.69, 9.17) is 0 Å². The van der Waals surface area contributed by atoms with E-state index in [9.17, 15) is 8.42 Å². The fourth-order valence-corrected chi connectivity index (χ4v) is 2.74. The number of benzene rings is 1. The molecule has 0 saturated heterocycles. The van der Waals surface area contributed by atoms with Crippen LogP contribution >= 0.6 is 31.9 Å². The zero-order chi connectivity index (χ0) is 12.2. The van der Waals surface area contributed by atoms with Gasteiger partial charge in [-0.15, -0.1) is 0 Å². The summed E-state index contributed by atoms with van der Waals surface area (Å²) in [5, 5.41) is 0.698. The Balaban J connectivity index is 2.74. The van der Waals surface area contributed by atoms with E-state index < -0.39 is 10.0 Å². The minimum absolute atomic E-state index is 0.0905. The van der Waals surface area contributed by atoms with E-state index >= 15 is 0 Å². The second-order valence-electron chi connectivity index (χ2n) is 3.42. The number of sulfonamides is 1. The molecule has 1 aromatic carbocycles. The molecule has 0 saturated carbocycles. The van der Waals surface area contributed by atoms with Crippen molar-refractivity contribution in [1.29, 1.82) is 0 Å². The number of rotatable bonds is 5. The second-order valence-corrected chi connectivity index (χ2v) is 7.13. The predicted octanol–water partition coefficient (Wildman–Crippen LogP) is 2.43. The van der Waals surface area contributed by atoms with Crippen molar-refractivity contribution in [3.8, 4) is 0 Å². The SMILES string of the molecule is Cc1ccc(S(=O)(=O)NC[C@H](Br)CBr)cc1. The first-order valence-electron chi connectivity index (χ1n) is 4.72. The molecule has 0 radical (unpaired) electrons. The van der Waals surface area contributed by atoms with Crippen LogP contribution in [0.1, 0.15) is 5.56 Å². The van der Waals surface area contributed by atoms with Crippen molar-refractivity contribution in [1.82, 2.24) is 4.72 Å². The summed E-state index contributed by atoms with van der Waals surface area (Å²) >= 11 is 6.61. The van der Waals surface area contributed by atoms with Crippen molar-refractivity contribution in [3.63, 3.8) is 0 Å². The lowest BCUT2D eigenvalue weighted by atomic mass is 10.2. The fourth-order valence-electron chi connectivity index (χ4n) is 1.06. The number of nitrogens with one attached hydrogen (secondary N) is 1. The molecular formula is C10H13Br2NO2S. The molecule has 0 aliphatic heterocycles. The molecule has 1 N–H and O–H groups in total. The Bertz CT molecular complexity index is 431.